The summed E-state index contributed by atoms with van der Waals surface area (Å²) in [6.45, 7) is 5.99. The molecule has 0 unspecified atom stereocenters. The second-order valence-corrected chi connectivity index (χ2v) is 7.45. The molecule has 25 heavy (non-hydrogen) atoms. The Labute approximate surface area is 156 Å². The van der Waals surface area contributed by atoms with Crippen molar-refractivity contribution in [1.82, 2.24) is 9.80 Å². The summed E-state index contributed by atoms with van der Waals surface area (Å²) >= 11 is 3.31. The van der Waals surface area contributed by atoms with Gasteiger partial charge in [0.05, 0.1) is 5.56 Å². The summed E-state index contributed by atoms with van der Waals surface area (Å²) < 4.78 is 14.7. The van der Waals surface area contributed by atoms with Gasteiger partial charge in [0, 0.05) is 37.2 Å². The Morgan fingerprint density at radius 2 is 1.84 bits per heavy atom. The van der Waals surface area contributed by atoms with Crippen molar-refractivity contribution in [3.05, 3.63) is 69.4 Å². The molecule has 1 heterocycles. The molecule has 132 valence electrons. The average Bonchev–Trinajstić information content (AvgIpc) is 2.84. The molecule has 3 rings (SSSR count). The van der Waals surface area contributed by atoms with Crippen LogP contribution in [0.4, 0.5) is 4.39 Å². The standard InChI is InChI=1S/C20H22BrFN2O/c1-15-3-5-16(6-4-15)14-23-9-2-10-24(12-11-23)20(25)18-13-17(21)7-8-19(18)22/h3-8,13H,2,9-12,14H2,1H3. The Bertz CT molecular complexity index is 748. The number of hydrogen-bond acceptors (Lipinski definition) is 2. The highest BCUT2D eigenvalue weighted by Crippen LogP contribution is 2.18. The molecule has 1 fully saturated rings. The number of hydrogen-bond donors (Lipinski definition) is 0. The fraction of sp³-hybridized carbons (Fsp3) is 0.350. The Morgan fingerprint density at radius 3 is 2.60 bits per heavy atom. The third kappa shape index (κ3) is 4.67. The first kappa shape index (κ1) is 18.1. The summed E-state index contributed by atoms with van der Waals surface area (Å²) in [7, 11) is 0. The van der Waals surface area contributed by atoms with Gasteiger partial charge in [-0.3, -0.25) is 9.69 Å². The van der Waals surface area contributed by atoms with Gasteiger partial charge >= 0.3 is 0 Å². The third-order valence-corrected chi connectivity index (χ3v) is 5.05. The molecule has 1 aliphatic heterocycles. The Balaban J connectivity index is 1.64. The summed E-state index contributed by atoms with van der Waals surface area (Å²) in [6.07, 6.45) is 0.896. The van der Waals surface area contributed by atoms with Crippen LogP contribution >= 0.6 is 15.9 Å². The molecule has 0 atom stereocenters. The lowest BCUT2D eigenvalue weighted by molar-refractivity contribution is 0.0756. The van der Waals surface area contributed by atoms with Gasteiger partial charge in [0.1, 0.15) is 5.82 Å². The van der Waals surface area contributed by atoms with Crippen LogP contribution in [0.1, 0.15) is 27.9 Å². The largest absolute Gasteiger partial charge is 0.337 e. The molecule has 0 bridgehead atoms. The van der Waals surface area contributed by atoms with Gasteiger partial charge in [-0.15, -0.1) is 0 Å². The first-order valence-corrected chi connectivity index (χ1v) is 9.34. The van der Waals surface area contributed by atoms with Gasteiger partial charge in [0.25, 0.3) is 5.91 Å². The number of benzene rings is 2. The van der Waals surface area contributed by atoms with E-state index in [0.29, 0.717) is 17.6 Å². The van der Waals surface area contributed by atoms with E-state index in [-0.39, 0.29) is 11.5 Å². The predicted octanol–water partition coefficient (Wildman–Crippen LogP) is 4.24. The molecule has 2 aromatic rings. The minimum absolute atomic E-state index is 0.140. The van der Waals surface area contributed by atoms with Crippen molar-refractivity contribution in [2.45, 2.75) is 19.9 Å². The molecule has 1 saturated heterocycles. The monoisotopic (exact) mass is 404 g/mol. The van der Waals surface area contributed by atoms with E-state index in [2.05, 4.69) is 52.0 Å². The third-order valence-electron chi connectivity index (χ3n) is 4.56. The smallest absolute Gasteiger partial charge is 0.256 e. The van der Waals surface area contributed by atoms with Gasteiger partial charge in [-0.25, -0.2) is 4.39 Å². The normalized spacial score (nSPS) is 15.9. The highest BCUT2D eigenvalue weighted by molar-refractivity contribution is 9.10. The number of carbonyl (C=O) groups excluding carboxylic acids is 1. The van der Waals surface area contributed by atoms with Gasteiger partial charge in [0.15, 0.2) is 0 Å². The zero-order chi connectivity index (χ0) is 17.8. The fourth-order valence-corrected chi connectivity index (χ4v) is 3.48. The topological polar surface area (TPSA) is 23.6 Å². The van der Waals surface area contributed by atoms with Crippen LogP contribution in [0, 0.1) is 12.7 Å². The van der Waals surface area contributed by atoms with Crippen molar-refractivity contribution >= 4 is 21.8 Å². The number of aryl methyl sites for hydroxylation is 1. The maximum Gasteiger partial charge on any atom is 0.256 e. The van der Waals surface area contributed by atoms with Crippen LogP contribution in [0.15, 0.2) is 46.9 Å². The quantitative estimate of drug-likeness (QED) is 0.763. The molecular formula is C20H22BrFN2O. The first-order chi connectivity index (χ1) is 12.0. The molecule has 0 aromatic heterocycles. The summed E-state index contributed by atoms with van der Waals surface area (Å²) in [5, 5.41) is 0. The number of nitrogens with zero attached hydrogens (tertiary/aromatic N) is 2. The minimum atomic E-state index is -0.464. The van der Waals surface area contributed by atoms with Crippen molar-refractivity contribution in [2.24, 2.45) is 0 Å². The van der Waals surface area contributed by atoms with Crippen molar-refractivity contribution in [3.63, 3.8) is 0 Å². The number of amides is 1. The van der Waals surface area contributed by atoms with Crippen LogP contribution in [-0.4, -0.2) is 41.9 Å². The molecule has 1 amide bonds. The van der Waals surface area contributed by atoms with E-state index >= 15 is 0 Å². The summed E-state index contributed by atoms with van der Waals surface area (Å²) in [6, 6.07) is 13.1. The minimum Gasteiger partial charge on any atom is -0.337 e. The molecule has 0 saturated carbocycles. The second-order valence-electron chi connectivity index (χ2n) is 6.53. The molecule has 0 spiro atoms. The molecule has 1 aliphatic rings. The lowest BCUT2D eigenvalue weighted by atomic mass is 10.1. The van der Waals surface area contributed by atoms with Crippen molar-refractivity contribution in [3.8, 4) is 0 Å². The van der Waals surface area contributed by atoms with Crippen LogP contribution in [0.3, 0.4) is 0 Å². The van der Waals surface area contributed by atoms with E-state index < -0.39 is 5.82 Å². The number of halogens is 2. The van der Waals surface area contributed by atoms with Crippen molar-refractivity contribution in [1.29, 1.82) is 0 Å². The molecular weight excluding hydrogens is 383 g/mol. The van der Waals surface area contributed by atoms with Gasteiger partial charge in [-0.05, 0) is 37.1 Å². The summed E-state index contributed by atoms with van der Waals surface area (Å²) in [5.41, 5.74) is 2.68. The van der Waals surface area contributed by atoms with E-state index in [1.54, 1.807) is 17.0 Å². The van der Waals surface area contributed by atoms with Gasteiger partial charge in [-0.2, -0.15) is 0 Å². The number of rotatable bonds is 3. The predicted molar refractivity (Wildman–Crippen MR) is 101 cm³/mol. The molecule has 5 heteroatoms. The van der Waals surface area contributed by atoms with Gasteiger partial charge < -0.3 is 4.90 Å². The van der Waals surface area contributed by atoms with E-state index in [4.69, 9.17) is 0 Å². The molecule has 0 aliphatic carbocycles. The molecule has 0 radical (unpaired) electrons. The van der Waals surface area contributed by atoms with Crippen LogP contribution in [0.25, 0.3) is 0 Å². The maximum atomic E-state index is 14.0. The lowest BCUT2D eigenvalue weighted by Gasteiger charge is -2.22. The van der Waals surface area contributed by atoms with Crippen molar-refractivity contribution in [2.75, 3.05) is 26.2 Å². The van der Waals surface area contributed by atoms with E-state index in [1.807, 2.05) is 0 Å². The highest BCUT2D eigenvalue weighted by atomic mass is 79.9. The zero-order valence-corrected chi connectivity index (χ0v) is 15.9. The highest BCUT2D eigenvalue weighted by Gasteiger charge is 2.22. The van der Waals surface area contributed by atoms with E-state index in [0.717, 1.165) is 26.1 Å². The Morgan fingerprint density at radius 1 is 1.08 bits per heavy atom. The SMILES string of the molecule is Cc1ccc(CN2CCCN(C(=O)c3cc(Br)ccc3F)CC2)cc1. The Kier molecular flexibility index (Phi) is 5.86. The summed E-state index contributed by atoms with van der Waals surface area (Å²) in [4.78, 5) is 16.8. The van der Waals surface area contributed by atoms with Crippen LogP contribution in [-0.2, 0) is 6.54 Å². The maximum absolute atomic E-state index is 14.0. The second kappa shape index (κ2) is 8.11. The van der Waals surface area contributed by atoms with Crippen LogP contribution in [0.5, 0.6) is 0 Å². The zero-order valence-electron chi connectivity index (χ0n) is 14.3. The number of carbonyl (C=O) groups is 1. The molecule has 0 N–H and O–H groups in total. The van der Waals surface area contributed by atoms with Gasteiger partial charge in [-0.1, -0.05) is 45.8 Å². The van der Waals surface area contributed by atoms with Crippen LogP contribution in [0.2, 0.25) is 0 Å². The van der Waals surface area contributed by atoms with E-state index in [1.165, 1.54) is 17.2 Å². The van der Waals surface area contributed by atoms with Crippen LogP contribution < -0.4 is 0 Å². The fourth-order valence-electron chi connectivity index (χ4n) is 3.12. The van der Waals surface area contributed by atoms with E-state index in [9.17, 15) is 9.18 Å². The Hall–Kier alpha value is -1.72. The lowest BCUT2D eigenvalue weighted by Crippen LogP contribution is -2.35. The molecule has 3 nitrogen and oxygen atoms in total. The van der Waals surface area contributed by atoms with Gasteiger partial charge in [0.2, 0.25) is 0 Å². The molecule has 2 aromatic carbocycles. The summed E-state index contributed by atoms with van der Waals surface area (Å²) in [5.74, 6) is -0.690. The average molecular weight is 405 g/mol. The first-order valence-electron chi connectivity index (χ1n) is 8.55. The van der Waals surface area contributed by atoms with Crippen molar-refractivity contribution < 1.29 is 9.18 Å².